The molecule has 1 atom stereocenters. The summed E-state index contributed by atoms with van der Waals surface area (Å²) in [4.78, 5) is 20.2. The van der Waals surface area contributed by atoms with Crippen molar-refractivity contribution in [1.29, 1.82) is 0 Å². The summed E-state index contributed by atoms with van der Waals surface area (Å²) in [6, 6.07) is 8.32. The lowest BCUT2D eigenvalue weighted by Crippen LogP contribution is -2.46. The Labute approximate surface area is 153 Å². The maximum absolute atomic E-state index is 12.8. The molecule has 1 fully saturated rings. The van der Waals surface area contributed by atoms with Gasteiger partial charge in [-0.15, -0.1) is 11.8 Å². The molecule has 1 N–H and O–H groups in total. The summed E-state index contributed by atoms with van der Waals surface area (Å²) >= 11 is 1.68. The molecule has 6 heteroatoms. The number of anilines is 1. The Kier molecular flexibility index (Phi) is 6.02. The minimum atomic E-state index is 0.0188. The molecule has 0 unspecified atom stereocenters. The molecule has 0 radical (unpaired) electrons. The Morgan fingerprint density at radius 1 is 1.40 bits per heavy atom. The number of hydrogen-bond acceptors (Lipinski definition) is 3. The highest BCUT2D eigenvalue weighted by molar-refractivity contribution is 7.98. The number of aryl methyl sites for hydroxylation is 2. The van der Waals surface area contributed by atoms with E-state index in [9.17, 15) is 4.79 Å². The minimum absolute atomic E-state index is 0.0188. The van der Waals surface area contributed by atoms with Crippen LogP contribution >= 0.6 is 11.8 Å². The summed E-state index contributed by atoms with van der Waals surface area (Å²) in [6.07, 6.45) is 10.2. The predicted molar refractivity (Wildman–Crippen MR) is 103 cm³/mol. The van der Waals surface area contributed by atoms with Crippen molar-refractivity contribution in [3.05, 3.63) is 42.5 Å². The van der Waals surface area contributed by atoms with Gasteiger partial charge in [-0.1, -0.05) is 6.07 Å². The topological polar surface area (TPSA) is 50.2 Å². The van der Waals surface area contributed by atoms with Gasteiger partial charge in [-0.05, 0) is 57.1 Å². The fourth-order valence-electron chi connectivity index (χ4n) is 3.39. The van der Waals surface area contributed by atoms with Crippen molar-refractivity contribution in [2.24, 2.45) is 0 Å². The van der Waals surface area contributed by atoms with Gasteiger partial charge < -0.3 is 14.8 Å². The summed E-state index contributed by atoms with van der Waals surface area (Å²) in [5, 5.41) is 3.08. The van der Waals surface area contributed by atoms with Crippen LogP contribution < -0.4 is 5.32 Å². The van der Waals surface area contributed by atoms with Gasteiger partial charge >= 0.3 is 6.03 Å². The molecule has 0 spiro atoms. The van der Waals surface area contributed by atoms with Crippen molar-refractivity contribution < 1.29 is 4.79 Å². The summed E-state index contributed by atoms with van der Waals surface area (Å²) in [6.45, 7) is 3.76. The number of carbonyl (C=O) groups is 1. The van der Waals surface area contributed by atoms with Gasteiger partial charge in [-0.25, -0.2) is 9.78 Å². The summed E-state index contributed by atoms with van der Waals surface area (Å²) < 4.78 is 2.16. The van der Waals surface area contributed by atoms with E-state index < -0.39 is 0 Å². The predicted octanol–water partition coefficient (Wildman–Crippen LogP) is 4.39. The van der Waals surface area contributed by atoms with Crippen LogP contribution in [0.1, 0.15) is 31.5 Å². The van der Waals surface area contributed by atoms with E-state index in [-0.39, 0.29) is 6.03 Å². The Hall–Kier alpha value is -1.95. The molecular weight excluding hydrogens is 332 g/mol. The number of rotatable bonds is 5. The maximum atomic E-state index is 12.8. The SMILES string of the molecule is CSc1cccc(NC(=O)N2CCCC[C@@H]2CCn2ccnc2C)c1. The molecule has 25 heavy (non-hydrogen) atoms. The third kappa shape index (κ3) is 4.57. The Morgan fingerprint density at radius 2 is 2.28 bits per heavy atom. The van der Waals surface area contributed by atoms with E-state index in [0.717, 1.165) is 48.8 Å². The van der Waals surface area contributed by atoms with Crippen molar-refractivity contribution in [3.63, 3.8) is 0 Å². The molecule has 1 aliphatic heterocycles. The smallest absolute Gasteiger partial charge is 0.322 e. The van der Waals surface area contributed by atoms with Gasteiger partial charge in [0.1, 0.15) is 5.82 Å². The van der Waals surface area contributed by atoms with Crippen LogP contribution in [0.3, 0.4) is 0 Å². The van der Waals surface area contributed by atoms with E-state index in [1.807, 2.05) is 48.7 Å². The van der Waals surface area contributed by atoms with E-state index in [4.69, 9.17) is 0 Å². The minimum Gasteiger partial charge on any atom is -0.335 e. The highest BCUT2D eigenvalue weighted by Gasteiger charge is 2.26. The Morgan fingerprint density at radius 3 is 3.04 bits per heavy atom. The zero-order valence-corrected chi connectivity index (χ0v) is 15.8. The van der Waals surface area contributed by atoms with Crippen molar-refractivity contribution in [3.8, 4) is 0 Å². The second-order valence-corrected chi connectivity index (χ2v) is 7.34. The first-order chi connectivity index (χ1) is 12.2. The Bertz CT molecular complexity index is 715. The highest BCUT2D eigenvalue weighted by Crippen LogP contribution is 2.23. The number of imidazole rings is 1. The van der Waals surface area contributed by atoms with Gasteiger partial charge in [0.05, 0.1) is 0 Å². The van der Waals surface area contributed by atoms with Crippen LogP contribution in [0, 0.1) is 6.92 Å². The van der Waals surface area contributed by atoms with Crippen LogP contribution in [-0.2, 0) is 6.54 Å². The normalized spacial score (nSPS) is 17.5. The molecule has 3 rings (SSSR count). The zero-order chi connectivity index (χ0) is 17.6. The molecule has 134 valence electrons. The maximum Gasteiger partial charge on any atom is 0.322 e. The van der Waals surface area contributed by atoms with Gasteiger partial charge in [0.2, 0.25) is 0 Å². The summed E-state index contributed by atoms with van der Waals surface area (Å²) in [5.74, 6) is 1.03. The fourth-order valence-corrected chi connectivity index (χ4v) is 3.85. The van der Waals surface area contributed by atoms with Crippen molar-refractivity contribution in [2.75, 3.05) is 18.1 Å². The average Bonchev–Trinajstić information content (AvgIpc) is 3.05. The molecule has 1 aliphatic rings. The molecule has 0 aliphatic carbocycles. The number of urea groups is 1. The van der Waals surface area contributed by atoms with E-state index in [2.05, 4.69) is 20.9 Å². The van der Waals surface area contributed by atoms with E-state index in [1.54, 1.807) is 11.8 Å². The van der Waals surface area contributed by atoms with Crippen LogP contribution in [0.5, 0.6) is 0 Å². The van der Waals surface area contributed by atoms with E-state index >= 15 is 0 Å². The number of amides is 2. The van der Waals surface area contributed by atoms with Crippen molar-refractivity contribution >= 4 is 23.5 Å². The standard InChI is InChI=1S/C19H26N4OS/c1-15-20-10-13-22(15)12-9-17-7-3-4-11-23(17)19(24)21-16-6-5-8-18(14-16)25-2/h5-6,8,10,13-14,17H,3-4,7,9,11-12H2,1-2H3,(H,21,24)/t17-/m1/s1. The van der Waals surface area contributed by atoms with Gasteiger partial charge in [0, 0.05) is 42.1 Å². The lowest BCUT2D eigenvalue weighted by molar-refractivity contribution is 0.155. The van der Waals surface area contributed by atoms with Crippen LogP contribution in [0.25, 0.3) is 0 Å². The van der Waals surface area contributed by atoms with Gasteiger partial charge in [-0.3, -0.25) is 0 Å². The first-order valence-corrected chi connectivity index (χ1v) is 10.1. The second-order valence-electron chi connectivity index (χ2n) is 6.46. The Balaban J connectivity index is 1.63. The molecule has 2 aromatic rings. The third-order valence-corrected chi connectivity index (χ3v) is 5.56. The molecule has 1 saturated heterocycles. The van der Waals surface area contributed by atoms with Crippen LogP contribution in [0.4, 0.5) is 10.5 Å². The highest BCUT2D eigenvalue weighted by atomic mass is 32.2. The molecule has 5 nitrogen and oxygen atoms in total. The summed E-state index contributed by atoms with van der Waals surface area (Å²) in [5.41, 5.74) is 0.867. The third-order valence-electron chi connectivity index (χ3n) is 4.84. The lowest BCUT2D eigenvalue weighted by Gasteiger charge is -2.36. The first kappa shape index (κ1) is 17.9. The number of aromatic nitrogens is 2. The number of nitrogens with zero attached hydrogens (tertiary/aromatic N) is 3. The monoisotopic (exact) mass is 358 g/mol. The molecule has 1 aromatic carbocycles. The molecule has 0 saturated carbocycles. The van der Waals surface area contributed by atoms with Gasteiger partial charge in [-0.2, -0.15) is 0 Å². The number of hydrogen-bond donors (Lipinski definition) is 1. The number of likely N-dealkylation sites (tertiary alicyclic amines) is 1. The average molecular weight is 359 g/mol. The largest absolute Gasteiger partial charge is 0.335 e. The van der Waals surface area contributed by atoms with E-state index in [1.165, 1.54) is 6.42 Å². The fraction of sp³-hybridized carbons (Fsp3) is 0.474. The van der Waals surface area contributed by atoms with E-state index in [0.29, 0.717) is 6.04 Å². The number of nitrogens with one attached hydrogen (secondary N) is 1. The first-order valence-electron chi connectivity index (χ1n) is 8.87. The molecule has 2 heterocycles. The molecule has 0 bridgehead atoms. The summed E-state index contributed by atoms with van der Waals surface area (Å²) in [7, 11) is 0. The van der Waals surface area contributed by atoms with Crippen molar-refractivity contribution in [1.82, 2.24) is 14.5 Å². The zero-order valence-electron chi connectivity index (χ0n) is 14.9. The number of benzene rings is 1. The van der Waals surface area contributed by atoms with Crippen LogP contribution in [-0.4, -0.2) is 39.3 Å². The molecule has 2 amide bonds. The van der Waals surface area contributed by atoms with Gasteiger partial charge in [0.25, 0.3) is 0 Å². The second kappa shape index (κ2) is 8.43. The molecular formula is C19H26N4OS. The number of piperidine rings is 1. The number of thioether (sulfide) groups is 1. The number of carbonyl (C=O) groups excluding carboxylic acids is 1. The quantitative estimate of drug-likeness (QED) is 0.807. The van der Waals surface area contributed by atoms with Crippen molar-refractivity contribution in [2.45, 2.75) is 50.1 Å². The van der Waals surface area contributed by atoms with Crippen LogP contribution in [0.15, 0.2) is 41.6 Å². The molecule has 1 aromatic heterocycles. The lowest BCUT2D eigenvalue weighted by atomic mass is 9.99. The van der Waals surface area contributed by atoms with Crippen LogP contribution in [0.2, 0.25) is 0 Å². The van der Waals surface area contributed by atoms with Gasteiger partial charge in [0.15, 0.2) is 0 Å².